The summed E-state index contributed by atoms with van der Waals surface area (Å²) in [4.78, 5) is 4.17. The third kappa shape index (κ3) is 0.932. The van der Waals surface area contributed by atoms with Crippen molar-refractivity contribution in [3.8, 4) is 0 Å². The highest BCUT2D eigenvalue weighted by Gasteiger charge is 1.95. The Kier molecular flexibility index (Phi) is 1.25. The highest BCUT2D eigenvalue weighted by Crippen LogP contribution is 1.99. The number of aromatic amines is 1. The minimum Gasteiger partial charge on any atom is -0.258 e. The zero-order valence-electron chi connectivity index (χ0n) is 5.90. The highest BCUT2D eigenvalue weighted by molar-refractivity contribution is 7.71. The average Bonchev–Trinajstić information content (AvgIpc) is 2.34. The number of aromatic nitrogens is 4. The Bertz CT molecular complexity index is 441. The van der Waals surface area contributed by atoms with E-state index in [1.54, 1.807) is 10.7 Å². The van der Waals surface area contributed by atoms with Crippen molar-refractivity contribution in [1.82, 2.24) is 19.6 Å². The lowest BCUT2D eigenvalue weighted by Crippen LogP contribution is -1.91. The summed E-state index contributed by atoms with van der Waals surface area (Å²) in [6.45, 7) is 1.90. The zero-order valence-corrected chi connectivity index (χ0v) is 6.72. The molecule has 2 aromatic heterocycles. The summed E-state index contributed by atoms with van der Waals surface area (Å²) in [5, 5.41) is 6.55. The third-order valence-electron chi connectivity index (χ3n) is 1.42. The van der Waals surface area contributed by atoms with Crippen LogP contribution in [0.5, 0.6) is 0 Å². The molecule has 0 radical (unpaired) electrons. The molecule has 0 aliphatic heterocycles. The topological polar surface area (TPSA) is 46.0 Å². The van der Waals surface area contributed by atoms with Crippen molar-refractivity contribution in [2.75, 3.05) is 0 Å². The average molecular weight is 166 g/mol. The van der Waals surface area contributed by atoms with Gasteiger partial charge < -0.3 is 0 Å². The van der Waals surface area contributed by atoms with Crippen LogP contribution in [0.1, 0.15) is 5.69 Å². The maximum atomic E-state index is 5.06. The summed E-state index contributed by atoms with van der Waals surface area (Å²) >= 11 is 5.06. The molecule has 0 aliphatic carbocycles. The van der Waals surface area contributed by atoms with Crippen LogP contribution in [0.4, 0.5) is 0 Å². The van der Waals surface area contributed by atoms with Gasteiger partial charge in [-0.05, 0) is 13.0 Å². The Labute approximate surface area is 67.9 Å². The van der Waals surface area contributed by atoms with Gasteiger partial charge in [-0.1, -0.05) is 12.2 Å². The number of nitrogens with zero attached hydrogens (tertiary/aromatic N) is 3. The highest BCUT2D eigenvalue weighted by atomic mass is 32.1. The molecule has 0 amide bonds. The minimum atomic E-state index is 0.690. The molecule has 0 atom stereocenters. The van der Waals surface area contributed by atoms with E-state index >= 15 is 0 Å². The van der Waals surface area contributed by atoms with Gasteiger partial charge in [0.15, 0.2) is 0 Å². The number of hydrogen-bond acceptors (Lipinski definition) is 3. The largest absolute Gasteiger partial charge is 0.258 e. The van der Waals surface area contributed by atoms with Crippen molar-refractivity contribution in [2.45, 2.75) is 6.92 Å². The molecule has 0 saturated carbocycles. The predicted molar refractivity (Wildman–Crippen MR) is 42.9 cm³/mol. The molecular formula is C6H6N4S. The molecule has 0 bridgehead atoms. The van der Waals surface area contributed by atoms with Crippen molar-refractivity contribution < 1.29 is 0 Å². The fraction of sp³-hybridized carbons (Fsp3) is 0.167. The molecule has 2 rings (SSSR count). The van der Waals surface area contributed by atoms with Gasteiger partial charge in [0.2, 0.25) is 5.78 Å². The van der Waals surface area contributed by atoms with Gasteiger partial charge in [-0.3, -0.25) is 4.40 Å². The summed E-state index contributed by atoms with van der Waals surface area (Å²) < 4.78 is 2.45. The molecule has 0 aromatic carbocycles. The third-order valence-corrected chi connectivity index (χ3v) is 1.73. The van der Waals surface area contributed by atoms with Crippen LogP contribution in [0, 0.1) is 11.6 Å². The summed E-state index contributed by atoms with van der Waals surface area (Å²) in [6.07, 6.45) is 1.62. The second-order valence-corrected chi connectivity index (χ2v) is 2.70. The second-order valence-electron chi connectivity index (χ2n) is 2.29. The fourth-order valence-electron chi connectivity index (χ4n) is 0.941. The number of aryl methyl sites for hydroxylation is 1. The van der Waals surface area contributed by atoms with Crippen LogP contribution >= 0.6 is 12.2 Å². The standard InChI is InChI=1S/C6H6N4S/c1-4-2-5(11)10-3-7-9-6(10)8-4/h2-3H,1H3,(H,8,9). The molecule has 4 nitrogen and oxygen atoms in total. The lowest BCUT2D eigenvalue weighted by atomic mass is 10.5. The van der Waals surface area contributed by atoms with E-state index in [0.29, 0.717) is 5.78 Å². The van der Waals surface area contributed by atoms with Crippen LogP contribution < -0.4 is 0 Å². The Morgan fingerprint density at radius 1 is 1.64 bits per heavy atom. The molecule has 0 fully saturated rings. The van der Waals surface area contributed by atoms with Crippen LogP contribution in [0.3, 0.4) is 0 Å². The molecule has 2 heterocycles. The quantitative estimate of drug-likeness (QED) is 0.596. The van der Waals surface area contributed by atoms with E-state index in [9.17, 15) is 0 Å². The first-order chi connectivity index (χ1) is 5.27. The maximum Gasteiger partial charge on any atom is 0.230 e. The zero-order chi connectivity index (χ0) is 7.84. The lowest BCUT2D eigenvalue weighted by Gasteiger charge is -1.92. The summed E-state index contributed by atoms with van der Waals surface area (Å²) in [5.74, 6) is 0.690. The van der Waals surface area contributed by atoms with E-state index in [-0.39, 0.29) is 0 Å². The van der Waals surface area contributed by atoms with Gasteiger partial charge >= 0.3 is 0 Å². The number of H-pyrrole nitrogens is 1. The van der Waals surface area contributed by atoms with Crippen LogP contribution in [-0.4, -0.2) is 19.6 Å². The first-order valence-electron chi connectivity index (χ1n) is 3.17. The number of hydrogen-bond donors (Lipinski definition) is 1. The van der Waals surface area contributed by atoms with Crippen LogP contribution in [0.2, 0.25) is 0 Å². The van der Waals surface area contributed by atoms with E-state index in [1.165, 1.54) is 0 Å². The number of rotatable bonds is 0. The van der Waals surface area contributed by atoms with Crippen molar-refractivity contribution in [1.29, 1.82) is 0 Å². The molecule has 1 N–H and O–H groups in total. The first-order valence-corrected chi connectivity index (χ1v) is 3.57. The van der Waals surface area contributed by atoms with Gasteiger partial charge in [-0.15, -0.1) is 0 Å². The molecule has 0 spiro atoms. The summed E-state index contributed by atoms with van der Waals surface area (Å²) in [7, 11) is 0. The van der Waals surface area contributed by atoms with E-state index in [1.807, 2.05) is 13.0 Å². The maximum absolute atomic E-state index is 5.06. The van der Waals surface area contributed by atoms with Crippen LogP contribution in [0.25, 0.3) is 5.78 Å². The van der Waals surface area contributed by atoms with Gasteiger partial charge in [0, 0.05) is 5.69 Å². The SMILES string of the molecule is Cc1cc(=S)n2cn[nH]c2n1. The number of nitrogens with one attached hydrogen (secondary N) is 1. The Balaban J connectivity index is 3.02. The lowest BCUT2D eigenvalue weighted by molar-refractivity contribution is 1.05. The van der Waals surface area contributed by atoms with E-state index in [4.69, 9.17) is 12.2 Å². The van der Waals surface area contributed by atoms with E-state index in [2.05, 4.69) is 15.2 Å². The Morgan fingerprint density at radius 3 is 3.27 bits per heavy atom. The van der Waals surface area contributed by atoms with E-state index < -0.39 is 0 Å². The van der Waals surface area contributed by atoms with Gasteiger partial charge in [-0.25, -0.2) is 10.1 Å². The van der Waals surface area contributed by atoms with Crippen LogP contribution in [0.15, 0.2) is 12.4 Å². The normalized spacial score (nSPS) is 10.6. The van der Waals surface area contributed by atoms with Crippen molar-refractivity contribution in [3.63, 3.8) is 0 Å². The molecule has 0 saturated heterocycles. The van der Waals surface area contributed by atoms with Crippen molar-refractivity contribution in [3.05, 3.63) is 22.7 Å². The van der Waals surface area contributed by atoms with E-state index in [0.717, 1.165) is 10.3 Å². The molecule has 0 aliphatic rings. The molecular weight excluding hydrogens is 160 g/mol. The van der Waals surface area contributed by atoms with Gasteiger partial charge in [0.25, 0.3) is 0 Å². The first kappa shape index (κ1) is 6.48. The Morgan fingerprint density at radius 2 is 2.45 bits per heavy atom. The predicted octanol–water partition coefficient (Wildman–Crippen LogP) is 1.10. The van der Waals surface area contributed by atoms with Gasteiger partial charge in [-0.2, -0.15) is 5.10 Å². The van der Waals surface area contributed by atoms with Crippen LogP contribution in [-0.2, 0) is 0 Å². The molecule has 5 heteroatoms. The van der Waals surface area contributed by atoms with Crippen molar-refractivity contribution in [2.24, 2.45) is 0 Å². The van der Waals surface area contributed by atoms with Gasteiger partial charge in [0.05, 0.1) is 0 Å². The monoisotopic (exact) mass is 166 g/mol. The second kappa shape index (κ2) is 2.13. The minimum absolute atomic E-state index is 0.690. The van der Waals surface area contributed by atoms with Crippen molar-refractivity contribution >= 4 is 18.0 Å². The molecule has 56 valence electrons. The smallest absolute Gasteiger partial charge is 0.230 e. The molecule has 2 aromatic rings. The summed E-state index contributed by atoms with van der Waals surface area (Å²) in [6, 6.07) is 1.83. The summed E-state index contributed by atoms with van der Waals surface area (Å²) in [5.41, 5.74) is 0.902. The molecule has 11 heavy (non-hydrogen) atoms. The fourth-order valence-corrected chi connectivity index (χ4v) is 1.24. The molecule has 0 unspecified atom stereocenters. The van der Waals surface area contributed by atoms with Gasteiger partial charge in [0.1, 0.15) is 11.0 Å². The number of fused-ring (bicyclic) bond motifs is 1. The Hall–Kier alpha value is -1.23.